The highest BCUT2D eigenvalue weighted by Crippen LogP contribution is 2.29. The van der Waals surface area contributed by atoms with Gasteiger partial charge >= 0.3 is 0 Å². The van der Waals surface area contributed by atoms with Crippen molar-refractivity contribution in [2.75, 3.05) is 13.1 Å². The zero-order chi connectivity index (χ0) is 13.1. The van der Waals surface area contributed by atoms with Gasteiger partial charge in [-0.05, 0) is 49.8 Å². The lowest BCUT2D eigenvalue weighted by atomic mass is 10.0. The van der Waals surface area contributed by atoms with E-state index in [0.717, 1.165) is 25.0 Å². The fourth-order valence-electron chi connectivity index (χ4n) is 3.25. The molecule has 1 N–H and O–H groups in total. The molecule has 0 radical (unpaired) electrons. The number of aryl methyl sites for hydroxylation is 1. The van der Waals surface area contributed by atoms with Crippen molar-refractivity contribution in [1.82, 2.24) is 10.2 Å². The molecule has 2 aliphatic rings. The first-order valence-electron chi connectivity index (χ1n) is 7.91. The van der Waals surface area contributed by atoms with Crippen molar-refractivity contribution in [3.63, 3.8) is 0 Å². The third-order valence-electron chi connectivity index (χ3n) is 4.55. The van der Waals surface area contributed by atoms with Crippen LogP contribution in [0.15, 0.2) is 24.3 Å². The van der Waals surface area contributed by atoms with E-state index in [4.69, 9.17) is 0 Å². The van der Waals surface area contributed by atoms with Crippen LogP contribution in [0.3, 0.4) is 0 Å². The van der Waals surface area contributed by atoms with Gasteiger partial charge in [-0.15, -0.1) is 0 Å². The van der Waals surface area contributed by atoms with Crippen LogP contribution in [-0.2, 0) is 13.0 Å². The van der Waals surface area contributed by atoms with Crippen LogP contribution in [0, 0.1) is 0 Å². The molecule has 104 valence electrons. The summed E-state index contributed by atoms with van der Waals surface area (Å²) < 4.78 is 0. The third-order valence-corrected chi connectivity index (χ3v) is 4.55. The monoisotopic (exact) mass is 258 g/mol. The molecule has 0 bridgehead atoms. The Balaban J connectivity index is 1.66. The maximum Gasteiger partial charge on any atom is 0.0240 e. The minimum Gasteiger partial charge on any atom is -0.313 e. The van der Waals surface area contributed by atoms with Crippen molar-refractivity contribution < 1.29 is 0 Å². The molecule has 2 heteroatoms. The van der Waals surface area contributed by atoms with Crippen LogP contribution in [0.2, 0.25) is 0 Å². The Morgan fingerprint density at radius 1 is 1.16 bits per heavy atom. The normalized spacial score (nSPS) is 23.2. The van der Waals surface area contributed by atoms with Gasteiger partial charge < -0.3 is 5.32 Å². The fraction of sp³-hybridized carbons (Fsp3) is 0.647. The highest BCUT2D eigenvalue weighted by molar-refractivity contribution is 5.27. The van der Waals surface area contributed by atoms with Gasteiger partial charge in [-0.2, -0.15) is 0 Å². The van der Waals surface area contributed by atoms with Crippen LogP contribution in [0.4, 0.5) is 0 Å². The van der Waals surface area contributed by atoms with Crippen molar-refractivity contribution in [2.45, 2.75) is 57.7 Å². The molecule has 0 spiro atoms. The van der Waals surface area contributed by atoms with Crippen LogP contribution in [0.1, 0.15) is 43.7 Å². The van der Waals surface area contributed by atoms with Crippen LogP contribution in [0.25, 0.3) is 0 Å². The highest BCUT2D eigenvalue weighted by atomic mass is 15.2. The van der Waals surface area contributed by atoms with Crippen molar-refractivity contribution in [1.29, 1.82) is 0 Å². The summed E-state index contributed by atoms with van der Waals surface area (Å²) in [7, 11) is 0. The number of hydrogen-bond acceptors (Lipinski definition) is 2. The van der Waals surface area contributed by atoms with Gasteiger partial charge in [0.25, 0.3) is 0 Å². The number of nitrogens with one attached hydrogen (secondary N) is 1. The van der Waals surface area contributed by atoms with Gasteiger partial charge in [0, 0.05) is 25.2 Å². The average molecular weight is 258 g/mol. The molecule has 19 heavy (non-hydrogen) atoms. The van der Waals surface area contributed by atoms with E-state index in [2.05, 4.69) is 41.4 Å². The van der Waals surface area contributed by atoms with Crippen molar-refractivity contribution in [2.24, 2.45) is 0 Å². The minimum absolute atomic E-state index is 0.731. The van der Waals surface area contributed by atoms with Crippen LogP contribution < -0.4 is 5.32 Å². The Hall–Kier alpha value is -0.860. The third kappa shape index (κ3) is 3.37. The largest absolute Gasteiger partial charge is 0.313 e. The second kappa shape index (κ2) is 6.06. The molecule has 1 unspecified atom stereocenters. The lowest BCUT2D eigenvalue weighted by Crippen LogP contribution is -2.38. The van der Waals surface area contributed by atoms with Gasteiger partial charge in [0.1, 0.15) is 0 Å². The molecule has 1 aromatic rings. The molecule has 1 heterocycles. The summed E-state index contributed by atoms with van der Waals surface area (Å²) in [6.45, 7) is 5.86. The Morgan fingerprint density at radius 2 is 1.95 bits per heavy atom. The summed E-state index contributed by atoms with van der Waals surface area (Å²) >= 11 is 0. The van der Waals surface area contributed by atoms with Gasteiger partial charge in [-0.25, -0.2) is 0 Å². The first kappa shape index (κ1) is 13.1. The Bertz CT molecular complexity index is 405. The number of rotatable bonds is 6. The summed E-state index contributed by atoms with van der Waals surface area (Å²) in [6, 6.07) is 10.5. The quantitative estimate of drug-likeness (QED) is 0.844. The topological polar surface area (TPSA) is 15.3 Å². The molecule has 0 amide bonds. The van der Waals surface area contributed by atoms with Crippen LogP contribution in [-0.4, -0.2) is 30.1 Å². The number of nitrogens with zero attached hydrogens (tertiary/aromatic N) is 1. The fourth-order valence-corrected chi connectivity index (χ4v) is 3.25. The van der Waals surface area contributed by atoms with Gasteiger partial charge in [0.05, 0.1) is 0 Å². The standard InChI is InChI=1S/C17H26N2/c1-2-14-6-3-4-7-15(14)12-19(17-9-10-17)13-16-8-5-11-18-16/h3-4,6-7,16-18H,2,5,8-13H2,1H3. The molecule has 0 aromatic heterocycles. The van der Waals surface area contributed by atoms with Crippen molar-refractivity contribution >= 4 is 0 Å². The summed E-state index contributed by atoms with van der Waals surface area (Å²) in [5, 5.41) is 3.64. The summed E-state index contributed by atoms with van der Waals surface area (Å²) in [5.74, 6) is 0. The summed E-state index contributed by atoms with van der Waals surface area (Å²) in [4.78, 5) is 2.72. The van der Waals surface area contributed by atoms with Gasteiger partial charge in [-0.3, -0.25) is 4.90 Å². The molecule has 1 aromatic carbocycles. The molecule has 3 rings (SSSR count). The smallest absolute Gasteiger partial charge is 0.0240 e. The van der Waals surface area contributed by atoms with Crippen molar-refractivity contribution in [3.05, 3.63) is 35.4 Å². The van der Waals surface area contributed by atoms with Gasteiger partial charge in [0.2, 0.25) is 0 Å². The second-order valence-corrected chi connectivity index (χ2v) is 6.08. The van der Waals surface area contributed by atoms with E-state index in [0.29, 0.717) is 0 Å². The van der Waals surface area contributed by atoms with Gasteiger partial charge in [0.15, 0.2) is 0 Å². The molecule has 1 aliphatic heterocycles. The number of benzene rings is 1. The molecule has 1 saturated carbocycles. The van der Waals surface area contributed by atoms with E-state index in [9.17, 15) is 0 Å². The zero-order valence-corrected chi connectivity index (χ0v) is 12.1. The zero-order valence-electron chi connectivity index (χ0n) is 12.1. The van der Waals surface area contributed by atoms with Gasteiger partial charge in [-0.1, -0.05) is 31.2 Å². The van der Waals surface area contributed by atoms with E-state index in [-0.39, 0.29) is 0 Å². The molecule has 2 nitrogen and oxygen atoms in total. The molecule has 1 atom stereocenters. The van der Waals surface area contributed by atoms with E-state index in [1.54, 1.807) is 0 Å². The van der Waals surface area contributed by atoms with Crippen molar-refractivity contribution in [3.8, 4) is 0 Å². The van der Waals surface area contributed by atoms with Crippen LogP contribution in [0.5, 0.6) is 0 Å². The molecule has 1 aliphatic carbocycles. The first-order valence-corrected chi connectivity index (χ1v) is 7.91. The van der Waals surface area contributed by atoms with E-state index in [1.165, 1.54) is 49.9 Å². The predicted molar refractivity (Wildman–Crippen MR) is 80.3 cm³/mol. The molecule has 2 fully saturated rings. The van der Waals surface area contributed by atoms with E-state index in [1.807, 2.05) is 0 Å². The lowest BCUT2D eigenvalue weighted by Gasteiger charge is -2.26. The lowest BCUT2D eigenvalue weighted by molar-refractivity contribution is 0.230. The van der Waals surface area contributed by atoms with Crippen LogP contribution >= 0.6 is 0 Å². The number of hydrogen-bond donors (Lipinski definition) is 1. The summed E-state index contributed by atoms with van der Waals surface area (Å²) in [5.41, 5.74) is 3.06. The second-order valence-electron chi connectivity index (χ2n) is 6.08. The first-order chi connectivity index (χ1) is 9.36. The summed E-state index contributed by atoms with van der Waals surface area (Å²) in [6.07, 6.45) is 6.67. The average Bonchev–Trinajstić information content (AvgIpc) is 3.17. The molecular weight excluding hydrogens is 232 g/mol. The predicted octanol–water partition coefficient (Wildman–Crippen LogP) is 2.97. The maximum absolute atomic E-state index is 3.64. The maximum atomic E-state index is 3.64. The Morgan fingerprint density at radius 3 is 2.58 bits per heavy atom. The van der Waals surface area contributed by atoms with E-state index >= 15 is 0 Å². The highest BCUT2D eigenvalue weighted by Gasteiger charge is 2.31. The van der Waals surface area contributed by atoms with E-state index < -0.39 is 0 Å². The molecular formula is C17H26N2. The Kier molecular flexibility index (Phi) is 4.19. The molecule has 1 saturated heterocycles. The Labute approximate surface area is 117 Å². The SMILES string of the molecule is CCc1ccccc1CN(CC1CCCN1)C1CC1. The minimum atomic E-state index is 0.731.